The zero-order valence-corrected chi connectivity index (χ0v) is 16.8. The Labute approximate surface area is 165 Å². The molecule has 0 aliphatic heterocycles. The van der Waals surface area contributed by atoms with E-state index >= 15 is 0 Å². The van der Waals surface area contributed by atoms with Crippen molar-refractivity contribution in [2.24, 2.45) is 0 Å². The molecule has 2 aromatic rings. The molecular formula is C19H19BrClNO4. The Morgan fingerprint density at radius 2 is 2.00 bits per heavy atom. The number of hydrogen-bond acceptors (Lipinski definition) is 4. The molecule has 0 saturated carbocycles. The molecule has 2 rings (SSSR count). The maximum atomic E-state index is 12.7. The summed E-state index contributed by atoms with van der Waals surface area (Å²) in [4.78, 5) is 24.7. The summed E-state index contributed by atoms with van der Waals surface area (Å²) in [5, 5.41) is 3.18. The Morgan fingerprint density at radius 3 is 2.69 bits per heavy atom. The van der Waals surface area contributed by atoms with Crippen molar-refractivity contribution in [2.45, 2.75) is 19.4 Å². The van der Waals surface area contributed by atoms with Crippen LogP contribution in [0.3, 0.4) is 0 Å². The number of rotatable bonds is 7. The van der Waals surface area contributed by atoms with Gasteiger partial charge in [0, 0.05) is 4.47 Å². The summed E-state index contributed by atoms with van der Waals surface area (Å²) in [7, 11) is 1.55. The monoisotopic (exact) mass is 439 g/mol. The summed E-state index contributed by atoms with van der Waals surface area (Å²) in [6.45, 7) is 2.01. The van der Waals surface area contributed by atoms with Crippen molar-refractivity contribution in [1.82, 2.24) is 5.32 Å². The number of carbonyl (C=O) groups excluding carboxylic acids is 2. The number of amides is 1. The average molecular weight is 441 g/mol. The second-order valence-corrected chi connectivity index (χ2v) is 6.76. The number of carbonyl (C=O) groups is 2. The zero-order valence-electron chi connectivity index (χ0n) is 14.4. The smallest absolute Gasteiger partial charge is 0.308 e. The van der Waals surface area contributed by atoms with E-state index in [-0.39, 0.29) is 18.9 Å². The summed E-state index contributed by atoms with van der Waals surface area (Å²) in [6.07, 6.45) is -0.00162. The number of halogens is 2. The molecule has 0 saturated heterocycles. The van der Waals surface area contributed by atoms with Gasteiger partial charge < -0.3 is 14.8 Å². The van der Waals surface area contributed by atoms with E-state index in [2.05, 4.69) is 21.2 Å². The fraction of sp³-hybridized carbons (Fsp3) is 0.263. The largest absolute Gasteiger partial charge is 0.497 e. The Balaban J connectivity index is 2.29. The van der Waals surface area contributed by atoms with Crippen molar-refractivity contribution >= 4 is 39.4 Å². The lowest BCUT2D eigenvalue weighted by atomic mass is 10.0. The van der Waals surface area contributed by atoms with E-state index in [4.69, 9.17) is 21.1 Å². The van der Waals surface area contributed by atoms with Crippen LogP contribution in [0, 0.1) is 0 Å². The molecule has 0 aliphatic carbocycles. The number of hydrogen-bond donors (Lipinski definition) is 1. The molecule has 1 amide bonds. The standard InChI is InChI=1S/C19H19BrClNO4/c1-3-26-18(23)11-17(12-5-4-6-14(9-12)25-2)22-19(24)15-10-13(20)7-8-16(15)21/h4-10,17H,3,11H2,1-2H3,(H,22,24). The van der Waals surface area contributed by atoms with Crippen molar-refractivity contribution in [3.63, 3.8) is 0 Å². The van der Waals surface area contributed by atoms with E-state index < -0.39 is 12.0 Å². The van der Waals surface area contributed by atoms with Gasteiger partial charge in [-0.2, -0.15) is 0 Å². The third-order valence-corrected chi connectivity index (χ3v) is 4.47. The molecule has 138 valence electrons. The minimum atomic E-state index is -0.577. The van der Waals surface area contributed by atoms with Crippen molar-refractivity contribution < 1.29 is 19.1 Å². The molecule has 0 radical (unpaired) electrons. The molecule has 1 unspecified atom stereocenters. The van der Waals surface area contributed by atoms with Gasteiger partial charge in [0.1, 0.15) is 5.75 Å². The molecular weight excluding hydrogens is 422 g/mol. The van der Waals surface area contributed by atoms with Gasteiger partial charge in [-0.15, -0.1) is 0 Å². The van der Waals surface area contributed by atoms with Gasteiger partial charge in [0.05, 0.1) is 36.8 Å². The second kappa shape index (κ2) is 9.59. The highest BCUT2D eigenvalue weighted by Gasteiger charge is 2.22. The Bertz CT molecular complexity index is 797. The van der Waals surface area contributed by atoms with Gasteiger partial charge in [-0.25, -0.2) is 0 Å². The summed E-state index contributed by atoms with van der Waals surface area (Å²) in [5.41, 5.74) is 1.05. The van der Waals surface area contributed by atoms with Crippen LogP contribution < -0.4 is 10.1 Å². The lowest BCUT2D eigenvalue weighted by molar-refractivity contribution is -0.143. The van der Waals surface area contributed by atoms with E-state index in [0.717, 1.165) is 10.0 Å². The highest BCUT2D eigenvalue weighted by molar-refractivity contribution is 9.10. The van der Waals surface area contributed by atoms with Crippen LogP contribution in [-0.4, -0.2) is 25.6 Å². The summed E-state index contributed by atoms with van der Waals surface area (Å²) in [5.74, 6) is -0.152. The van der Waals surface area contributed by atoms with Crippen LogP contribution in [-0.2, 0) is 9.53 Å². The maximum absolute atomic E-state index is 12.7. The van der Waals surface area contributed by atoms with E-state index in [0.29, 0.717) is 16.3 Å². The van der Waals surface area contributed by atoms with Crippen LogP contribution in [0.5, 0.6) is 5.75 Å². The van der Waals surface area contributed by atoms with Crippen LogP contribution in [0.15, 0.2) is 46.9 Å². The van der Waals surface area contributed by atoms with Gasteiger partial charge in [0.15, 0.2) is 0 Å². The molecule has 26 heavy (non-hydrogen) atoms. The highest BCUT2D eigenvalue weighted by atomic mass is 79.9. The first-order chi connectivity index (χ1) is 12.4. The molecule has 0 heterocycles. The first-order valence-corrected chi connectivity index (χ1v) is 9.17. The zero-order chi connectivity index (χ0) is 19.1. The molecule has 7 heteroatoms. The van der Waals surface area contributed by atoms with E-state index in [1.807, 2.05) is 6.07 Å². The normalized spacial score (nSPS) is 11.5. The second-order valence-electron chi connectivity index (χ2n) is 5.44. The van der Waals surface area contributed by atoms with Crippen molar-refractivity contribution in [1.29, 1.82) is 0 Å². The van der Waals surface area contributed by atoms with Gasteiger partial charge in [0.2, 0.25) is 0 Å². The van der Waals surface area contributed by atoms with Gasteiger partial charge in [0.25, 0.3) is 5.91 Å². The van der Waals surface area contributed by atoms with Gasteiger partial charge in [-0.05, 0) is 42.8 Å². The predicted octanol–water partition coefficient (Wildman–Crippen LogP) is 4.54. The molecule has 0 bridgehead atoms. The van der Waals surface area contributed by atoms with Crippen molar-refractivity contribution in [3.8, 4) is 5.75 Å². The molecule has 1 atom stereocenters. The topological polar surface area (TPSA) is 64.6 Å². The Hall–Kier alpha value is -2.05. The molecule has 0 aliphatic rings. The number of esters is 1. The fourth-order valence-electron chi connectivity index (χ4n) is 2.40. The predicted molar refractivity (Wildman–Crippen MR) is 104 cm³/mol. The molecule has 0 fully saturated rings. The third-order valence-electron chi connectivity index (χ3n) is 3.65. The Kier molecular flexibility index (Phi) is 7.48. The number of nitrogens with one attached hydrogen (secondary N) is 1. The fourth-order valence-corrected chi connectivity index (χ4v) is 2.97. The van der Waals surface area contributed by atoms with E-state index in [9.17, 15) is 9.59 Å². The van der Waals surface area contributed by atoms with Crippen LogP contribution in [0.4, 0.5) is 0 Å². The van der Waals surface area contributed by atoms with Crippen LogP contribution >= 0.6 is 27.5 Å². The number of benzene rings is 2. The number of methoxy groups -OCH3 is 1. The van der Waals surface area contributed by atoms with Crippen LogP contribution in [0.25, 0.3) is 0 Å². The molecule has 0 spiro atoms. The molecule has 5 nitrogen and oxygen atoms in total. The van der Waals surface area contributed by atoms with E-state index in [1.54, 1.807) is 50.4 Å². The summed E-state index contributed by atoms with van der Waals surface area (Å²) >= 11 is 9.46. The minimum absolute atomic E-state index is 0.00162. The average Bonchev–Trinajstić information content (AvgIpc) is 2.63. The lowest BCUT2D eigenvalue weighted by Crippen LogP contribution is -2.31. The van der Waals surface area contributed by atoms with Gasteiger partial charge in [-0.1, -0.05) is 39.7 Å². The van der Waals surface area contributed by atoms with Crippen LogP contribution in [0.1, 0.15) is 35.3 Å². The van der Waals surface area contributed by atoms with Crippen molar-refractivity contribution in [3.05, 3.63) is 63.1 Å². The highest BCUT2D eigenvalue weighted by Crippen LogP contribution is 2.25. The lowest BCUT2D eigenvalue weighted by Gasteiger charge is -2.19. The van der Waals surface area contributed by atoms with E-state index in [1.165, 1.54) is 0 Å². The quantitative estimate of drug-likeness (QED) is 0.642. The van der Waals surface area contributed by atoms with Gasteiger partial charge >= 0.3 is 5.97 Å². The molecule has 0 aromatic heterocycles. The Morgan fingerprint density at radius 1 is 1.23 bits per heavy atom. The summed E-state index contributed by atoms with van der Waals surface area (Å²) in [6, 6.07) is 11.6. The van der Waals surface area contributed by atoms with Crippen molar-refractivity contribution in [2.75, 3.05) is 13.7 Å². The maximum Gasteiger partial charge on any atom is 0.308 e. The molecule has 1 N–H and O–H groups in total. The molecule has 2 aromatic carbocycles. The first kappa shape index (κ1) is 20.3. The summed E-state index contributed by atoms with van der Waals surface area (Å²) < 4.78 is 11.0. The minimum Gasteiger partial charge on any atom is -0.497 e. The third kappa shape index (κ3) is 5.47. The SMILES string of the molecule is CCOC(=O)CC(NC(=O)c1cc(Br)ccc1Cl)c1cccc(OC)c1. The first-order valence-electron chi connectivity index (χ1n) is 8.00. The van der Waals surface area contributed by atoms with Gasteiger partial charge in [-0.3, -0.25) is 9.59 Å². The van der Waals surface area contributed by atoms with Crippen LogP contribution in [0.2, 0.25) is 5.02 Å². The number of ether oxygens (including phenoxy) is 2.